The van der Waals surface area contributed by atoms with Gasteiger partial charge in [-0.1, -0.05) is 90.5 Å². The molecule has 0 spiro atoms. The molecule has 0 saturated carbocycles. The normalized spacial score (nSPS) is 11.8. The highest BCUT2D eigenvalue weighted by Crippen LogP contribution is 2.47. The van der Waals surface area contributed by atoms with Crippen LogP contribution in [-0.2, 0) is 0 Å². The molecule has 0 N–H and O–H groups in total. The Kier molecular flexibility index (Phi) is 4.44. The summed E-state index contributed by atoms with van der Waals surface area (Å²) in [6, 6.07) is 42.4. The number of fused-ring (bicyclic) bond motifs is 8. The predicted molar refractivity (Wildman–Crippen MR) is 158 cm³/mol. The Hall–Kier alpha value is -5.02. The van der Waals surface area contributed by atoms with E-state index in [4.69, 9.17) is 8.83 Å². The third-order valence-electron chi connectivity index (χ3n) is 7.52. The molecule has 2 aromatic heterocycles. The van der Waals surface area contributed by atoms with Crippen molar-refractivity contribution in [3.8, 4) is 0 Å². The first-order chi connectivity index (χ1) is 18.8. The van der Waals surface area contributed by atoms with Gasteiger partial charge in [0.15, 0.2) is 5.58 Å². The second-order valence-corrected chi connectivity index (χ2v) is 9.84. The van der Waals surface area contributed by atoms with Crippen LogP contribution in [0, 0.1) is 6.92 Å². The molecule has 0 aliphatic carbocycles. The Morgan fingerprint density at radius 3 is 1.74 bits per heavy atom. The third-order valence-corrected chi connectivity index (χ3v) is 7.52. The molecule has 38 heavy (non-hydrogen) atoms. The summed E-state index contributed by atoms with van der Waals surface area (Å²) in [5.41, 5.74) is 7.94. The van der Waals surface area contributed by atoms with Gasteiger partial charge in [-0.05, 0) is 43.3 Å². The summed E-state index contributed by atoms with van der Waals surface area (Å²) in [5, 5.41) is 6.64. The van der Waals surface area contributed by atoms with E-state index in [1.165, 1.54) is 5.56 Å². The number of aryl methyl sites for hydroxylation is 1. The molecule has 6 aromatic carbocycles. The maximum absolute atomic E-state index is 6.53. The molecule has 0 aliphatic rings. The van der Waals surface area contributed by atoms with E-state index in [1.54, 1.807) is 0 Å². The van der Waals surface area contributed by atoms with E-state index in [1.807, 2.05) is 24.3 Å². The van der Waals surface area contributed by atoms with Gasteiger partial charge < -0.3 is 13.7 Å². The SMILES string of the molecule is Cc1ccc(N(c2cc3c4ccccc4oc3c3ccccc23)c2cccc3c2oc2ccccc23)cc1. The van der Waals surface area contributed by atoms with E-state index in [9.17, 15) is 0 Å². The number of nitrogens with zero attached hydrogens (tertiary/aromatic N) is 1. The zero-order chi connectivity index (χ0) is 25.2. The highest BCUT2D eigenvalue weighted by atomic mass is 16.3. The van der Waals surface area contributed by atoms with Crippen LogP contribution < -0.4 is 4.90 Å². The Bertz CT molecular complexity index is 2150. The molecule has 0 aliphatic heterocycles. The highest BCUT2D eigenvalue weighted by Gasteiger charge is 2.23. The molecule has 3 heteroatoms. The van der Waals surface area contributed by atoms with Gasteiger partial charge in [0.1, 0.15) is 16.7 Å². The van der Waals surface area contributed by atoms with Gasteiger partial charge in [-0.25, -0.2) is 0 Å². The second kappa shape index (κ2) is 7.99. The quantitative estimate of drug-likeness (QED) is 0.247. The summed E-state index contributed by atoms with van der Waals surface area (Å²) in [4.78, 5) is 2.33. The molecule has 0 amide bonds. The fraction of sp³-hybridized carbons (Fsp3) is 0.0286. The van der Waals surface area contributed by atoms with Crippen LogP contribution in [-0.4, -0.2) is 0 Å². The number of furan rings is 2. The largest absolute Gasteiger partial charge is 0.455 e. The smallest absolute Gasteiger partial charge is 0.159 e. The van der Waals surface area contributed by atoms with Crippen LogP contribution in [0.15, 0.2) is 130 Å². The van der Waals surface area contributed by atoms with E-state index in [0.29, 0.717) is 0 Å². The van der Waals surface area contributed by atoms with Crippen molar-refractivity contribution in [3.05, 3.63) is 127 Å². The molecule has 8 rings (SSSR count). The number of para-hydroxylation sites is 3. The van der Waals surface area contributed by atoms with Gasteiger partial charge >= 0.3 is 0 Å². The molecular formula is C35H23NO2. The first kappa shape index (κ1) is 21.1. The fourth-order valence-corrected chi connectivity index (χ4v) is 5.72. The number of anilines is 3. The zero-order valence-electron chi connectivity index (χ0n) is 20.8. The highest BCUT2D eigenvalue weighted by molar-refractivity contribution is 6.20. The minimum Gasteiger partial charge on any atom is -0.455 e. The van der Waals surface area contributed by atoms with Crippen molar-refractivity contribution in [1.82, 2.24) is 0 Å². The first-order valence-electron chi connectivity index (χ1n) is 12.9. The lowest BCUT2D eigenvalue weighted by atomic mass is 10.0. The summed E-state index contributed by atoms with van der Waals surface area (Å²) in [7, 11) is 0. The Morgan fingerprint density at radius 2 is 1.00 bits per heavy atom. The average molecular weight is 490 g/mol. The summed E-state index contributed by atoms with van der Waals surface area (Å²) in [6.45, 7) is 2.12. The summed E-state index contributed by atoms with van der Waals surface area (Å²) in [5.74, 6) is 0. The van der Waals surface area contributed by atoms with Crippen molar-refractivity contribution >= 4 is 71.7 Å². The molecule has 0 radical (unpaired) electrons. The van der Waals surface area contributed by atoms with Crippen LogP contribution in [0.25, 0.3) is 54.6 Å². The maximum Gasteiger partial charge on any atom is 0.159 e. The first-order valence-corrected chi connectivity index (χ1v) is 12.9. The number of hydrogen-bond acceptors (Lipinski definition) is 3. The summed E-state index contributed by atoms with van der Waals surface area (Å²) >= 11 is 0. The van der Waals surface area contributed by atoms with Crippen LogP contribution in [0.1, 0.15) is 5.56 Å². The molecule has 180 valence electrons. The van der Waals surface area contributed by atoms with Gasteiger partial charge in [-0.3, -0.25) is 0 Å². The molecular weight excluding hydrogens is 466 g/mol. The van der Waals surface area contributed by atoms with Crippen LogP contribution in [0.5, 0.6) is 0 Å². The molecule has 0 atom stereocenters. The zero-order valence-corrected chi connectivity index (χ0v) is 20.8. The molecule has 0 fully saturated rings. The number of hydrogen-bond donors (Lipinski definition) is 0. The van der Waals surface area contributed by atoms with Gasteiger partial charge in [0.2, 0.25) is 0 Å². The molecule has 0 unspecified atom stereocenters. The molecule has 2 heterocycles. The van der Waals surface area contributed by atoms with Gasteiger partial charge in [-0.15, -0.1) is 0 Å². The third kappa shape index (κ3) is 3.02. The van der Waals surface area contributed by atoms with Gasteiger partial charge in [-0.2, -0.15) is 0 Å². The van der Waals surface area contributed by atoms with Crippen molar-refractivity contribution in [1.29, 1.82) is 0 Å². The van der Waals surface area contributed by atoms with Gasteiger partial charge in [0, 0.05) is 38.0 Å². The summed E-state index contributed by atoms with van der Waals surface area (Å²) in [6.07, 6.45) is 0. The van der Waals surface area contributed by atoms with Crippen molar-refractivity contribution in [2.24, 2.45) is 0 Å². The standard InChI is InChI=1S/C35H23NO2/c1-22-17-19-23(20-18-22)36(30-14-8-13-28-25-10-4-6-15-32(25)38-35(28)30)31-21-29-26-11-5-7-16-33(26)37-34(29)27-12-3-2-9-24(27)31/h2-21H,1H3. The second-order valence-electron chi connectivity index (χ2n) is 9.84. The minimum absolute atomic E-state index is 0.871. The van der Waals surface area contributed by atoms with E-state index >= 15 is 0 Å². The lowest BCUT2D eigenvalue weighted by Crippen LogP contribution is -2.11. The van der Waals surface area contributed by atoms with Crippen LogP contribution in [0.2, 0.25) is 0 Å². The minimum atomic E-state index is 0.871. The molecule has 0 bridgehead atoms. The maximum atomic E-state index is 6.53. The van der Waals surface area contributed by atoms with Crippen molar-refractivity contribution < 1.29 is 8.83 Å². The number of rotatable bonds is 3. The Morgan fingerprint density at radius 1 is 0.447 bits per heavy atom. The van der Waals surface area contributed by atoms with E-state index in [-0.39, 0.29) is 0 Å². The summed E-state index contributed by atoms with van der Waals surface area (Å²) < 4.78 is 12.9. The molecule has 8 aromatic rings. The fourth-order valence-electron chi connectivity index (χ4n) is 5.72. The van der Waals surface area contributed by atoms with Crippen LogP contribution in [0.4, 0.5) is 17.1 Å². The lowest BCUT2D eigenvalue weighted by molar-refractivity contribution is 0.669. The van der Waals surface area contributed by atoms with Gasteiger partial charge in [0.05, 0.1) is 11.4 Å². The van der Waals surface area contributed by atoms with Gasteiger partial charge in [0.25, 0.3) is 0 Å². The van der Waals surface area contributed by atoms with Crippen molar-refractivity contribution in [3.63, 3.8) is 0 Å². The molecule has 0 saturated heterocycles. The van der Waals surface area contributed by atoms with Crippen molar-refractivity contribution in [2.75, 3.05) is 4.90 Å². The van der Waals surface area contributed by atoms with E-state index in [0.717, 1.165) is 71.7 Å². The average Bonchev–Trinajstić information content (AvgIpc) is 3.53. The van der Waals surface area contributed by atoms with Crippen LogP contribution in [0.3, 0.4) is 0 Å². The lowest BCUT2D eigenvalue weighted by Gasteiger charge is -2.27. The monoisotopic (exact) mass is 489 g/mol. The topological polar surface area (TPSA) is 29.5 Å². The molecule has 3 nitrogen and oxygen atoms in total. The predicted octanol–water partition coefficient (Wildman–Crippen LogP) is 10.4. The van der Waals surface area contributed by atoms with Crippen molar-refractivity contribution in [2.45, 2.75) is 6.92 Å². The Labute approximate surface area is 219 Å². The van der Waals surface area contributed by atoms with Crippen LogP contribution >= 0.6 is 0 Å². The number of benzene rings is 6. The Balaban J connectivity index is 1.52. The van der Waals surface area contributed by atoms with E-state index < -0.39 is 0 Å². The van der Waals surface area contributed by atoms with E-state index in [2.05, 4.69) is 109 Å².